The van der Waals surface area contributed by atoms with E-state index in [1.807, 2.05) is 24.3 Å². The summed E-state index contributed by atoms with van der Waals surface area (Å²) in [5.41, 5.74) is 1.94. The van der Waals surface area contributed by atoms with Crippen molar-refractivity contribution in [1.82, 2.24) is 4.90 Å². The molecule has 0 fully saturated rings. The van der Waals surface area contributed by atoms with E-state index in [0.717, 1.165) is 37.4 Å². The van der Waals surface area contributed by atoms with Crippen molar-refractivity contribution in [2.45, 2.75) is 19.8 Å². The number of nitrogens with zero attached hydrogens (tertiary/aromatic N) is 2. The van der Waals surface area contributed by atoms with Crippen LogP contribution >= 0.6 is 0 Å². The first-order valence-electron chi connectivity index (χ1n) is 6.88. The van der Waals surface area contributed by atoms with Gasteiger partial charge in [-0.15, -0.1) is 0 Å². The summed E-state index contributed by atoms with van der Waals surface area (Å²) in [6, 6.07) is 7.79. The number of likely N-dealkylation sites (N-methyl/N-ethyl adjacent to an activating group) is 1. The van der Waals surface area contributed by atoms with Crippen LogP contribution in [0.2, 0.25) is 0 Å². The summed E-state index contributed by atoms with van der Waals surface area (Å²) < 4.78 is 0. The van der Waals surface area contributed by atoms with Gasteiger partial charge in [0.15, 0.2) is 0 Å². The zero-order chi connectivity index (χ0) is 13.7. The van der Waals surface area contributed by atoms with Crippen LogP contribution in [-0.2, 0) is 4.79 Å². The van der Waals surface area contributed by atoms with Crippen LogP contribution in [0, 0.1) is 0 Å². The molecular formula is C15H21N3O. The highest BCUT2D eigenvalue weighted by Gasteiger charge is 2.28. The lowest BCUT2D eigenvalue weighted by Crippen LogP contribution is -2.25. The molecule has 1 atom stereocenters. The van der Waals surface area contributed by atoms with E-state index in [0.29, 0.717) is 0 Å². The summed E-state index contributed by atoms with van der Waals surface area (Å²) in [7, 11) is 0. The maximum Gasteiger partial charge on any atom is 0.237 e. The SMILES string of the molecule is CCN(CC)CCN=CC1C(=O)Nc2ccccc21. The molecule has 0 aliphatic carbocycles. The molecule has 0 saturated heterocycles. The van der Waals surface area contributed by atoms with E-state index in [-0.39, 0.29) is 11.8 Å². The highest BCUT2D eigenvalue weighted by molar-refractivity contribution is 6.12. The van der Waals surface area contributed by atoms with Crippen molar-refractivity contribution < 1.29 is 4.79 Å². The van der Waals surface area contributed by atoms with E-state index >= 15 is 0 Å². The zero-order valence-electron chi connectivity index (χ0n) is 11.6. The Hall–Kier alpha value is -1.68. The van der Waals surface area contributed by atoms with Crippen LogP contribution < -0.4 is 5.32 Å². The van der Waals surface area contributed by atoms with Gasteiger partial charge in [-0.25, -0.2) is 0 Å². The normalized spacial score (nSPS) is 18.1. The average Bonchev–Trinajstić information content (AvgIpc) is 2.75. The number of rotatable bonds is 6. The van der Waals surface area contributed by atoms with E-state index in [2.05, 4.69) is 29.1 Å². The first-order valence-corrected chi connectivity index (χ1v) is 6.88. The predicted molar refractivity (Wildman–Crippen MR) is 79.0 cm³/mol. The Labute approximate surface area is 114 Å². The van der Waals surface area contributed by atoms with Crippen LogP contribution in [0.4, 0.5) is 5.69 Å². The van der Waals surface area contributed by atoms with E-state index < -0.39 is 0 Å². The first kappa shape index (κ1) is 13.7. The number of anilines is 1. The Bertz CT molecular complexity index is 466. The number of para-hydroxylation sites is 1. The molecule has 1 aromatic rings. The number of carbonyl (C=O) groups is 1. The van der Waals surface area contributed by atoms with Gasteiger partial charge in [0, 0.05) is 18.4 Å². The fraction of sp³-hybridized carbons (Fsp3) is 0.467. The molecule has 102 valence electrons. The minimum atomic E-state index is -0.229. The Morgan fingerprint density at radius 2 is 2.05 bits per heavy atom. The molecule has 1 aliphatic heterocycles. The third kappa shape index (κ3) is 3.20. The van der Waals surface area contributed by atoms with Gasteiger partial charge in [-0.3, -0.25) is 9.79 Å². The molecule has 1 aromatic carbocycles. The van der Waals surface area contributed by atoms with E-state index in [1.165, 1.54) is 0 Å². The molecule has 0 spiro atoms. The van der Waals surface area contributed by atoms with Gasteiger partial charge in [-0.05, 0) is 24.7 Å². The van der Waals surface area contributed by atoms with Crippen molar-refractivity contribution in [3.63, 3.8) is 0 Å². The third-order valence-electron chi connectivity index (χ3n) is 3.53. The highest BCUT2D eigenvalue weighted by atomic mass is 16.2. The Kier molecular flexibility index (Phi) is 4.68. The van der Waals surface area contributed by atoms with Gasteiger partial charge >= 0.3 is 0 Å². The number of benzene rings is 1. The lowest BCUT2D eigenvalue weighted by Gasteiger charge is -2.15. The van der Waals surface area contributed by atoms with Gasteiger partial charge < -0.3 is 10.2 Å². The smallest absolute Gasteiger partial charge is 0.237 e. The second-order valence-corrected chi connectivity index (χ2v) is 4.64. The van der Waals surface area contributed by atoms with Crippen LogP contribution in [0.15, 0.2) is 29.3 Å². The number of carbonyl (C=O) groups excluding carboxylic acids is 1. The van der Waals surface area contributed by atoms with Gasteiger partial charge in [0.25, 0.3) is 0 Å². The number of nitrogens with one attached hydrogen (secondary N) is 1. The van der Waals surface area contributed by atoms with Crippen molar-refractivity contribution in [1.29, 1.82) is 0 Å². The Balaban J connectivity index is 1.94. The van der Waals surface area contributed by atoms with Crippen LogP contribution in [0.25, 0.3) is 0 Å². The van der Waals surface area contributed by atoms with Gasteiger partial charge in [-0.2, -0.15) is 0 Å². The Morgan fingerprint density at radius 1 is 1.32 bits per heavy atom. The quantitative estimate of drug-likeness (QED) is 0.795. The molecule has 0 bridgehead atoms. The van der Waals surface area contributed by atoms with Crippen molar-refractivity contribution in [3.05, 3.63) is 29.8 Å². The first-order chi connectivity index (χ1) is 9.26. The Morgan fingerprint density at radius 3 is 2.79 bits per heavy atom. The molecule has 1 amide bonds. The topological polar surface area (TPSA) is 44.7 Å². The summed E-state index contributed by atoms with van der Waals surface area (Å²) >= 11 is 0. The van der Waals surface area contributed by atoms with Crippen molar-refractivity contribution in [2.24, 2.45) is 4.99 Å². The van der Waals surface area contributed by atoms with E-state index in [4.69, 9.17) is 0 Å². The second-order valence-electron chi connectivity index (χ2n) is 4.64. The molecule has 2 rings (SSSR count). The van der Waals surface area contributed by atoms with Crippen LogP contribution in [-0.4, -0.2) is 43.2 Å². The van der Waals surface area contributed by atoms with Gasteiger partial charge in [-0.1, -0.05) is 32.0 Å². The molecule has 1 heterocycles. The zero-order valence-corrected chi connectivity index (χ0v) is 11.6. The third-order valence-corrected chi connectivity index (χ3v) is 3.53. The van der Waals surface area contributed by atoms with Crippen LogP contribution in [0.1, 0.15) is 25.3 Å². The highest BCUT2D eigenvalue weighted by Crippen LogP contribution is 2.30. The van der Waals surface area contributed by atoms with Gasteiger partial charge in [0.1, 0.15) is 5.92 Å². The van der Waals surface area contributed by atoms with E-state index in [9.17, 15) is 4.79 Å². The number of hydrogen-bond donors (Lipinski definition) is 1. The number of fused-ring (bicyclic) bond motifs is 1. The maximum absolute atomic E-state index is 11.9. The molecule has 1 unspecified atom stereocenters. The maximum atomic E-state index is 11.9. The van der Waals surface area contributed by atoms with Crippen molar-refractivity contribution in [2.75, 3.05) is 31.5 Å². The van der Waals surface area contributed by atoms with Gasteiger partial charge in [0.05, 0.1) is 6.54 Å². The minimum absolute atomic E-state index is 0.0211. The van der Waals surface area contributed by atoms with Crippen LogP contribution in [0.5, 0.6) is 0 Å². The molecule has 19 heavy (non-hydrogen) atoms. The molecule has 0 aromatic heterocycles. The molecule has 0 radical (unpaired) electrons. The summed E-state index contributed by atoms with van der Waals surface area (Å²) in [6.45, 7) is 8.06. The molecule has 4 nitrogen and oxygen atoms in total. The monoisotopic (exact) mass is 259 g/mol. The molecule has 1 N–H and O–H groups in total. The standard InChI is InChI=1S/C15H21N3O/c1-3-18(4-2)10-9-16-11-13-12-7-5-6-8-14(12)17-15(13)19/h5-8,11,13H,3-4,9-10H2,1-2H3,(H,17,19). The summed E-state index contributed by atoms with van der Waals surface area (Å²) in [5, 5.41) is 2.88. The fourth-order valence-electron chi connectivity index (χ4n) is 2.30. The van der Waals surface area contributed by atoms with Crippen molar-refractivity contribution >= 4 is 17.8 Å². The molecule has 4 heteroatoms. The van der Waals surface area contributed by atoms with Crippen molar-refractivity contribution in [3.8, 4) is 0 Å². The van der Waals surface area contributed by atoms with E-state index in [1.54, 1.807) is 6.21 Å². The fourth-order valence-corrected chi connectivity index (χ4v) is 2.30. The summed E-state index contributed by atoms with van der Waals surface area (Å²) in [6.07, 6.45) is 1.78. The predicted octanol–water partition coefficient (Wildman–Crippen LogP) is 2.13. The lowest BCUT2D eigenvalue weighted by atomic mass is 10.0. The average molecular weight is 259 g/mol. The van der Waals surface area contributed by atoms with Crippen LogP contribution in [0.3, 0.4) is 0 Å². The second kappa shape index (κ2) is 6.48. The molecule has 1 aliphatic rings. The number of amides is 1. The number of aliphatic imine (C=N–C) groups is 1. The summed E-state index contributed by atoms with van der Waals surface area (Å²) in [4.78, 5) is 18.6. The summed E-state index contributed by atoms with van der Waals surface area (Å²) in [5.74, 6) is -0.208. The lowest BCUT2D eigenvalue weighted by molar-refractivity contribution is -0.115. The largest absolute Gasteiger partial charge is 0.325 e. The molecule has 0 saturated carbocycles. The minimum Gasteiger partial charge on any atom is -0.325 e. The number of hydrogen-bond acceptors (Lipinski definition) is 3. The van der Waals surface area contributed by atoms with Gasteiger partial charge in [0.2, 0.25) is 5.91 Å². The molecular weight excluding hydrogens is 238 g/mol.